The fourth-order valence-electron chi connectivity index (χ4n) is 2.23. The Morgan fingerprint density at radius 1 is 1.35 bits per heavy atom. The van der Waals surface area contributed by atoms with E-state index >= 15 is 0 Å². The average Bonchev–Trinajstić information content (AvgIpc) is 2.33. The molecule has 4 nitrogen and oxygen atoms in total. The number of carbonyl (C=O) groups excluding carboxylic acids is 1. The third kappa shape index (κ3) is 6.03. The molecule has 17 heavy (non-hydrogen) atoms. The fourth-order valence-corrected chi connectivity index (χ4v) is 2.23. The number of piperidine rings is 1. The Morgan fingerprint density at radius 3 is 2.88 bits per heavy atom. The first-order valence-electron chi connectivity index (χ1n) is 6.76. The average molecular weight is 242 g/mol. The van der Waals surface area contributed by atoms with Crippen molar-refractivity contribution in [2.75, 3.05) is 20.3 Å². The molecular weight excluding hydrogens is 216 g/mol. The van der Waals surface area contributed by atoms with Crippen molar-refractivity contribution < 1.29 is 9.53 Å². The second-order valence-corrected chi connectivity index (χ2v) is 4.90. The molecule has 0 aliphatic carbocycles. The van der Waals surface area contributed by atoms with Crippen LogP contribution in [0.4, 0.5) is 0 Å². The van der Waals surface area contributed by atoms with E-state index in [0.29, 0.717) is 6.04 Å². The molecule has 2 unspecified atom stereocenters. The molecule has 1 rings (SSSR count). The van der Waals surface area contributed by atoms with E-state index in [-0.39, 0.29) is 11.9 Å². The quantitative estimate of drug-likeness (QED) is 0.664. The first kappa shape index (κ1) is 14.5. The van der Waals surface area contributed by atoms with Crippen LogP contribution in [0.15, 0.2) is 0 Å². The summed E-state index contributed by atoms with van der Waals surface area (Å²) in [6.45, 7) is 3.74. The summed E-state index contributed by atoms with van der Waals surface area (Å²) < 4.78 is 4.98. The van der Waals surface area contributed by atoms with Gasteiger partial charge in [0.2, 0.25) is 5.91 Å². The van der Waals surface area contributed by atoms with Crippen LogP contribution in [0.1, 0.15) is 45.4 Å². The van der Waals surface area contributed by atoms with Crippen LogP contribution in [0.3, 0.4) is 0 Å². The van der Waals surface area contributed by atoms with Gasteiger partial charge in [0.25, 0.3) is 0 Å². The maximum absolute atomic E-state index is 11.8. The monoisotopic (exact) mass is 242 g/mol. The Hall–Kier alpha value is -0.610. The minimum absolute atomic E-state index is 0.0257. The zero-order valence-electron chi connectivity index (χ0n) is 11.1. The van der Waals surface area contributed by atoms with Gasteiger partial charge in [0, 0.05) is 26.3 Å². The number of rotatable bonds is 7. The first-order valence-corrected chi connectivity index (χ1v) is 6.76. The number of methoxy groups -OCH3 is 1. The highest BCUT2D eigenvalue weighted by Crippen LogP contribution is 2.12. The SMILES string of the molecule is COCCCCCNC(=O)C1CCCC(C)N1. The van der Waals surface area contributed by atoms with E-state index in [1.54, 1.807) is 7.11 Å². The van der Waals surface area contributed by atoms with Crippen LogP contribution in [0.2, 0.25) is 0 Å². The minimum Gasteiger partial charge on any atom is -0.385 e. The van der Waals surface area contributed by atoms with E-state index in [4.69, 9.17) is 4.74 Å². The molecule has 2 N–H and O–H groups in total. The van der Waals surface area contributed by atoms with Crippen molar-refractivity contribution in [1.29, 1.82) is 0 Å². The van der Waals surface area contributed by atoms with Gasteiger partial charge in [0.15, 0.2) is 0 Å². The molecule has 2 atom stereocenters. The van der Waals surface area contributed by atoms with E-state index in [0.717, 1.165) is 45.3 Å². The van der Waals surface area contributed by atoms with Crippen molar-refractivity contribution in [1.82, 2.24) is 10.6 Å². The molecule has 0 bridgehead atoms. The van der Waals surface area contributed by atoms with Crippen molar-refractivity contribution in [3.63, 3.8) is 0 Å². The topological polar surface area (TPSA) is 50.4 Å². The van der Waals surface area contributed by atoms with Gasteiger partial charge in [-0.25, -0.2) is 0 Å². The fraction of sp³-hybridized carbons (Fsp3) is 0.923. The molecule has 1 saturated heterocycles. The number of carbonyl (C=O) groups is 1. The lowest BCUT2D eigenvalue weighted by Gasteiger charge is -2.27. The molecule has 0 saturated carbocycles. The van der Waals surface area contributed by atoms with Crippen molar-refractivity contribution in [3.8, 4) is 0 Å². The van der Waals surface area contributed by atoms with Gasteiger partial charge in [-0.05, 0) is 45.4 Å². The van der Waals surface area contributed by atoms with Gasteiger partial charge in [0.05, 0.1) is 6.04 Å². The molecule has 0 spiro atoms. The maximum atomic E-state index is 11.8. The van der Waals surface area contributed by atoms with E-state index in [1.807, 2.05) is 0 Å². The Morgan fingerprint density at radius 2 is 2.18 bits per heavy atom. The van der Waals surface area contributed by atoms with Crippen LogP contribution in [0.25, 0.3) is 0 Å². The molecule has 0 aromatic heterocycles. The van der Waals surface area contributed by atoms with E-state index in [1.165, 1.54) is 6.42 Å². The van der Waals surface area contributed by atoms with Gasteiger partial charge in [-0.3, -0.25) is 4.79 Å². The van der Waals surface area contributed by atoms with Gasteiger partial charge < -0.3 is 15.4 Å². The zero-order valence-corrected chi connectivity index (χ0v) is 11.1. The number of nitrogens with one attached hydrogen (secondary N) is 2. The highest BCUT2D eigenvalue weighted by molar-refractivity contribution is 5.81. The predicted molar refractivity (Wildman–Crippen MR) is 69.0 cm³/mol. The van der Waals surface area contributed by atoms with Gasteiger partial charge in [-0.2, -0.15) is 0 Å². The van der Waals surface area contributed by atoms with E-state index in [9.17, 15) is 4.79 Å². The molecule has 0 aromatic carbocycles. The Labute approximate surface area is 104 Å². The molecular formula is C13H26N2O2. The predicted octanol–water partition coefficient (Wildman–Crippen LogP) is 1.45. The number of hydrogen-bond donors (Lipinski definition) is 2. The van der Waals surface area contributed by atoms with Crippen LogP contribution in [0, 0.1) is 0 Å². The number of hydrogen-bond acceptors (Lipinski definition) is 3. The maximum Gasteiger partial charge on any atom is 0.237 e. The molecule has 1 amide bonds. The standard InChI is InChI=1S/C13H26N2O2/c1-11-7-6-8-12(15-11)13(16)14-9-4-3-5-10-17-2/h11-12,15H,3-10H2,1-2H3,(H,14,16). The summed E-state index contributed by atoms with van der Waals surface area (Å²) in [7, 11) is 1.72. The third-order valence-corrected chi connectivity index (χ3v) is 3.26. The summed E-state index contributed by atoms with van der Waals surface area (Å²) in [5, 5.41) is 6.35. The molecule has 0 aromatic rings. The lowest BCUT2D eigenvalue weighted by atomic mass is 9.99. The van der Waals surface area contributed by atoms with Gasteiger partial charge in [-0.15, -0.1) is 0 Å². The lowest BCUT2D eigenvalue weighted by Crippen LogP contribution is -2.50. The van der Waals surface area contributed by atoms with Crippen LogP contribution in [-0.4, -0.2) is 38.3 Å². The Kier molecular flexibility index (Phi) is 7.21. The number of ether oxygens (including phenoxy) is 1. The summed E-state index contributed by atoms with van der Waals surface area (Å²) in [5.74, 6) is 0.170. The summed E-state index contributed by atoms with van der Waals surface area (Å²) in [6.07, 6.45) is 6.53. The van der Waals surface area contributed by atoms with Crippen molar-refractivity contribution >= 4 is 5.91 Å². The smallest absolute Gasteiger partial charge is 0.237 e. The van der Waals surface area contributed by atoms with E-state index in [2.05, 4.69) is 17.6 Å². The number of unbranched alkanes of at least 4 members (excludes halogenated alkanes) is 2. The molecule has 4 heteroatoms. The number of amides is 1. The molecule has 1 aliphatic heterocycles. The summed E-state index contributed by atoms with van der Waals surface area (Å²) in [6, 6.07) is 0.499. The molecule has 1 fully saturated rings. The van der Waals surface area contributed by atoms with Crippen LogP contribution >= 0.6 is 0 Å². The zero-order chi connectivity index (χ0) is 12.5. The molecule has 1 heterocycles. The second kappa shape index (κ2) is 8.48. The Bertz CT molecular complexity index is 221. The minimum atomic E-state index is 0.0257. The van der Waals surface area contributed by atoms with E-state index < -0.39 is 0 Å². The van der Waals surface area contributed by atoms with Crippen molar-refractivity contribution in [2.45, 2.75) is 57.5 Å². The summed E-state index contributed by atoms with van der Waals surface area (Å²) in [4.78, 5) is 11.8. The highest BCUT2D eigenvalue weighted by atomic mass is 16.5. The molecule has 100 valence electrons. The normalized spacial score (nSPS) is 24.6. The van der Waals surface area contributed by atoms with Gasteiger partial charge in [-0.1, -0.05) is 0 Å². The first-order chi connectivity index (χ1) is 8.24. The molecule has 1 aliphatic rings. The van der Waals surface area contributed by atoms with Crippen molar-refractivity contribution in [3.05, 3.63) is 0 Å². The van der Waals surface area contributed by atoms with Crippen LogP contribution < -0.4 is 10.6 Å². The Balaban J connectivity index is 2.04. The summed E-state index contributed by atoms with van der Waals surface area (Å²) >= 11 is 0. The van der Waals surface area contributed by atoms with Crippen LogP contribution in [0.5, 0.6) is 0 Å². The molecule has 0 radical (unpaired) electrons. The van der Waals surface area contributed by atoms with Gasteiger partial charge >= 0.3 is 0 Å². The largest absolute Gasteiger partial charge is 0.385 e. The third-order valence-electron chi connectivity index (χ3n) is 3.26. The lowest BCUT2D eigenvalue weighted by molar-refractivity contribution is -0.123. The summed E-state index contributed by atoms with van der Waals surface area (Å²) in [5.41, 5.74) is 0. The van der Waals surface area contributed by atoms with Gasteiger partial charge in [0.1, 0.15) is 0 Å². The van der Waals surface area contributed by atoms with Crippen LogP contribution in [-0.2, 0) is 9.53 Å². The second-order valence-electron chi connectivity index (χ2n) is 4.90. The highest BCUT2D eigenvalue weighted by Gasteiger charge is 2.23. The van der Waals surface area contributed by atoms with Crippen molar-refractivity contribution in [2.24, 2.45) is 0 Å².